The lowest BCUT2D eigenvalue weighted by Gasteiger charge is -2.28. The van der Waals surface area contributed by atoms with Gasteiger partial charge in [-0.25, -0.2) is 4.99 Å². The molecule has 164 valence electrons. The summed E-state index contributed by atoms with van der Waals surface area (Å²) in [5.74, 6) is 2.79. The van der Waals surface area contributed by atoms with Gasteiger partial charge in [-0.1, -0.05) is 0 Å². The molecule has 0 saturated carbocycles. The molecule has 1 unspecified atom stereocenters. The van der Waals surface area contributed by atoms with Crippen molar-refractivity contribution in [2.24, 2.45) is 17.5 Å². The molecule has 0 radical (unpaired) electrons. The van der Waals surface area contributed by atoms with E-state index in [1.54, 1.807) is 0 Å². The molecular weight excluding hydrogens is 485 g/mol. The molecule has 29 heavy (non-hydrogen) atoms. The molecule has 0 bridgehead atoms. The maximum atomic E-state index is 5.69. The minimum atomic E-state index is 0. The topological polar surface area (TPSA) is 80.0 Å². The van der Waals surface area contributed by atoms with Crippen molar-refractivity contribution in [3.63, 3.8) is 0 Å². The highest BCUT2D eigenvalue weighted by atomic mass is 127. The number of nitrogens with zero attached hydrogens (tertiary/aromatic N) is 6. The number of nitrogens with one attached hydrogen (secondary N) is 1. The predicted octanol–water partition coefficient (Wildman–Crippen LogP) is 0.632. The Morgan fingerprint density at radius 3 is 2.66 bits per heavy atom. The van der Waals surface area contributed by atoms with Crippen LogP contribution in [0.2, 0.25) is 0 Å². The third-order valence-corrected chi connectivity index (χ3v) is 6.29. The Labute approximate surface area is 190 Å². The van der Waals surface area contributed by atoms with Gasteiger partial charge in [0.05, 0.1) is 19.8 Å². The summed E-state index contributed by atoms with van der Waals surface area (Å²) in [6.07, 6.45) is 2.34. The number of hydrogen-bond donors (Lipinski definition) is 1. The predicted molar refractivity (Wildman–Crippen MR) is 122 cm³/mol. The van der Waals surface area contributed by atoms with Crippen LogP contribution in [0, 0.1) is 12.3 Å². The molecule has 1 N–H and O–H groups in total. The average molecular weight is 519 g/mol. The van der Waals surface area contributed by atoms with E-state index in [9.17, 15) is 0 Å². The average Bonchev–Trinajstić information content (AvgIpc) is 3.43. The second-order valence-electron chi connectivity index (χ2n) is 8.22. The maximum absolute atomic E-state index is 5.69. The van der Waals surface area contributed by atoms with Crippen LogP contribution < -0.4 is 5.32 Å². The lowest BCUT2D eigenvalue weighted by molar-refractivity contribution is 0.0388. The minimum absolute atomic E-state index is 0. The fourth-order valence-corrected chi connectivity index (χ4v) is 4.24. The van der Waals surface area contributed by atoms with Gasteiger partial charge in [-0.05, 0) is 19.8 Å². The van der Waals surface area contributed by atoms with Crippen LogP contribution in [0.15, 0.2) is 4.99 Å². The fourth-order valence-electron chi connectivity index (χ4n) is 4.24. The normalized spacial score (nSPS) is 25.6. The number of rotatable bonds is 5. The largest absolute Gasteiger partial charge is 0.381 e. The Bertz CT molecular complexity index is 684. The van der Waals surface area contributed by atoms with E-state index in [2.05, 4.69) is 25.3 Å². The first-order chi connectivity index (χ1) is 13.7. The van der Waals surface area contributed by atoms with Crippen molar-refractivity contribution in [2.45, 2.75) is 26.3 Å². The first-order valence-electron chi connectivity index (χ1n) is 10.4. The maximum Gasteiger partial charge on any atom is 0.194 e. The van der Waals surface area contributed by atoms with Crippen molar-refractivity contribution in [3.05, 3.63) is 11.6 Å². The fraction of sp³-hybridized carbons (Fsp3) is 0.842. The summed E-state index contributed by atoms with van der Waals surface area (Å²) in [6.45, 7) is 11.9. The van der Waals surface area contributed by atoms with Gasteiger partial charge in [0.15, 0.2) is 11.8 Å². The van der Waals surface area contributed by atoms with Crippen LogP contribution in [0.25, 0.3) is 0 Å². The third-order valence-electron chi connectivity index (χ3n) is 6.29. The SMILES string of the molecule is Cc1nnc(CN=C(NCCN2CCOCC2)N2CCC3(CCOC3)C2)n1C.I. The molecule has 1 spiro atoms. The number of aliphatic imine (C=N–C) groups is 1. The van der Waals surface area contributed by atoms with Crippen LogP contribution >= 0.6 is 24.0 Å². The number of aryl methyl sites for hydroxylation is 1. The van der Waals surface area contributed by atoms with Crippen molar-refractivity contribution < 1.29 is 9.47 Å². The van der Waals surface area contributed by atoms with Gasteiger partial charge in [0.1, 0.15) is 12.4 Å². The Kier molecular flexibility index (Phi) is 8.11. The molecule has 0 aromatic carbocycles. The van der Waals surface area contributed by atoms with Crippen LogP contribution in [0.3, 0.4) is 0 Å². The number of aromatic nitrogens is 3. The molecular formula is C19H34IN7O2. The number of guanidine groups is 1. The quantitative estimate of drug-likeness (QED) is 0.348. The summed E-state index contributed by atoms with van der Waals surface area (Å²) >= 11 is 0. The summed E-state index contributed by atoms with van der Waals surface area (Å²) in [4.78, 5) is 9.75. The monoisotopic (exact) mass is 519 g/mol. The smallest absolute Gasteiger partial charge is 0.194 e. The summed E-state index contributed by atoms with van der Waals surface area (Å²) < 4.78 is 13.1. The van der Waals surface area contributed by atoms with Crippen LogP contribution in [0.4, 0.5) is 0 Å². The Morgan fingerprint density at radius 1 is 1.14 bits per heavy atom. The van der Waals surface area contributed by atoms with Gasteiger partial charge in [-0.2, -0.15) is 0 Å². The summed E-state index contributed by atoms with van der Waals surface area (Å²) in [7, 11) is 1.99. The molecule has 1 atom stereocenters. The van der Waals surface area contributed by atoms with Crippen molar-refractivity contribution in [2.75, 3.05) is 65.7 Å². The van der Waals surface area contributed by atoms with Crippen molar-refractivity contribution in [1.29, 1.82) is 0 Å². The second kappa shape index (κ2) is 10.4. The van der Waals surface area contributed by atoms with E-state index in [0.717, 1.165) is 89.7 Å². The molecule has 10 heteroatoms. The zero-order valence-corrected chi connectivity index (χ0v) is 19.9. The molecule has 0 aliphatic carbocycles. The first-order valence-corrected chi connectivity index (χ1v) is 10.4. The number of hydrogen-bond acceptors (Lipinski definition) is 6. The van der Waals surface area contributed by atoms with Gasteiger partial charge in [0.25, 0.3) is 0 Å². The standard InChI is InChI=1S/C19H33N7O2.HI/c1-16-22-23-17(24(16)2)13-21-18(20-5-7-25-8-11-27-12-9-25)26-6-3-19(14-26)4-10-28-15-19;/h3-15H2,1-2H3,(H,20,21);1H. The first kappa shape index (κ1) is 22.7. The molecule has 3 aliphatic rings. The zero-order valence-electron chi connectivity index (χ0n) is 17.6. The van der Waals surface area contributed by atoms with Crippen molar-refractivity contribution in [1.82, 2.24) is 29.9 Å². The third kappa shape index (κ3) is 5.59. The molecule has 3 aliphatic heterocycles. The van der Waals surface area contributed by atoms with Gasteiger partial charge in [0.2, 0.25) is 0 Å². The highest BCUT2D eigenvalue weighted by molar-refractivity contribution is 14.0. The van der Waals surface area contributed by atoms with E-state index in [0.29, 0.717) is 12.0 Å². The Morgan fingerprint density at radius 2 is 1.97 bits per heavy atom. The van der Waals surface area contributed by atoms with E-state index < -0.39 is 0 Å². The number of likely N-dealkylation sites (tertiary alicyclic amines) is 1. The zero-order chi connectivity index (χ0) is 19.4. The summed E-state index contributed by atoms with van der Waals surface area (Å²) in [5, 5.41) is 12.0. The highest BCUT2D eigenvalue weighted by Gasteiger charge is 2.42. The highest BCUT2D eigenvalue weighted by Crippen LogP contribution is 2.38. The molecule has 4 rings (SSSR count). The van der Waals surface area contributed by atoms with E-state index in [1.807, 2.05) is 18.5 Å². The Balaban J connectivity index is 0.00000240. The summed E-state index contributed by atoms with van der Waals surface area (Å²) in [5.41, 5.74) is 0.314. The van der Waals surface area contributed by atoms with Gasteiger partial charge in [-0.3, -0.25) is 4.90 Å². The van der Waals surface area contributed by atoms with E-state index in [-0.39, 0.29) is 24.0 Å². The van der Waals surface area contributed by atoms with Gasteiger partial charge >= 0.3 is 0 Å². The van der Waals surface area contributed by atoms with Crippen LogP contribution in [-0.4, -0.2) is 96.2 Å². The van der Waals surface area contributed by atoms with Crippen molar-refractivity contribution in [3.8, 4) is 0 Å². The molecule has 3 fully saturated rings. The van der Waals surface area contributed by atoms with Crippen LogP contribution in [0.1, 0.15) is 24.5 Å². The van der Waals surface area contributed by atoms with Crippen molar-refractivity contribution >= 4 is 29.9 Å². The van der Waals surface area contributed by atoms with Gasteiger partial charge in [-0.15, -0.1) is 34.2 Å². The van der Waals surface area contributed by atoms with Gasteiger partial charge < -0.3 is 24.3 Å². The van der Waals surface area contributed by atoms with Crippen LogP contribution in [-0.2, 0) is 23.1 Å². The molecule has 9 nitrogen and oxygen atoms in total. The molecule has 1 aromatic rings. The lowest BCUT2D eigenvalue weighted by Crippen LogP contribution is -2.46. The van der Waals surface area contributed by atoms with E-state index in [4.69, 9.17) is 14.5 Å². The summed E-state index contributed by atoms with van der Waals surface area (Å²) in [6, 6.07) is 0. The molecule has 4 heterocycles. The molecule has 1 aromatic heterocycles. The van der Waals surface area contributed by atoms with Gasteiger partial charge in [0, 0.05) is 58.3 Å². The number of halogens is 1. The van der Waals surface area contributed by atoms with E-state index in [1.165, 1.54) is 6.42 Å². The Hall–Kier alpha value is -0.980. The number of morpholine rings is 1. The molecule has 0 amide bonds. The van der Waals surface area contributed by atoms with Crippen LogP contribution in [0.5, 0.6) is 0 Å². The second-order valence-corrected chi connectivity index (χ2v) is 8.22. The number of ether oxygens (including phenoxy) is 2. The molecule has 3 saturated heterocycles. The van der Waals surface area contributed by atoms with E-state index >= 15 is 0 Å². The lowest BCUT2D eigenvalue weighted by atomic mass is 9.87. The minimum Gasteiger partial charge on any atom is -0.381 e.